The van der Waals surface area contributed by atoms with Gasteiger partial charge in [0.1, 0.15) is 0 Å². The third-order valence-electron chi connectivity index (χ3n) is 1.45. The van der Waals surface area contributed by atoms with Gasteiger partial charge in [0.25, 0.3) is 0 Å². The lowest BCUT2D eigenvalue weighted by atomic mass is 10.6. The predicted octanol–water partition coefficient (Wildman–Crippen LogP) is 2.75. The van der Waals surface area contributed by atoms with Gasteiger partial charge in [0.2, 0.25) is 0 Å². The molecule has 0 amide bonds. The summed E-state index contributed by atoms with van der Waals surface area (Å²) in [5.41, 5.74) is 0.734. The molecule has 52 valence electrons. The largest absolute Gasteiger partial charge is 0.130 e. The molecule has 0 bridgehead atoms. The molecular weight excluding hydrogens is 148 g/mol. The Morgan fingerprint density at radius 1 is 1.67 bits per heavy atom. The molecule has 0 saturated carbocycles. The zero-order valence-corrected chi connectivity index (χ0v) is 7.83. The normalized spacial score (nSPS) is 11.0. The molecule has 0 aliphatic heterocycles. The Bertz CT molecular complexity index is 127. The van der Waals surface area contributed by atoms with Crippen molar-refractivity contribution >= 4 is 19.7 Å². The van der Waals surface area contributed by atoms with Gasteiger partial charge in [-0.3, -0.25) is 0 Å². The van der Waals surface area contributed by atoms with Gasteiger partial charge in [-0.1, -0.05) is 37.5 Å². The molecule has 0 saturated heterocycles. The first kappa shape index (κ1) is 8.99. The van der Waals surface area contributed by atoms with Gasteiger partial charge in [-0.15, -0.1) is 11.6 Å². The van der Waals surface area contributed by atoms with Crippen LogP contribution in [0.15, 0.2) is 24.4 Å². The van der Waals surface area contributed by atoms with Crippen molar-refractivity contribution in [3.63, 3.8) is 0 Å². The van der Waals surface area contributed by atoms with Crippen molar-refractivity contribution in [2.24, 2.45) is 0 Å². The molecule has 0 aliphatic rings. The second kappa shape index (κ2) is 3.23. The summed E-state index contributed by atoms with van der Waals surface area (Å²) < 4.78 is 0. The van der Waals surface area contributed by atoms with Crippen LogP contribution in [-0.2, 0) is 0 Å². The molecule has 0 aromatic heterocycles. The summed E-state index contributed by atoms with van der Waals surface area (Å²) in [7, 11) is -1.33. The lowest BCUT2D eigenvalue weighted by Gasteiger charge is -2.18. The molecule has 2 heteroatoms. The van der Waals surface area contributed by atoms with Crippen LogP contribution in [0.3, 0.4) is 0 Å². The molecule has 0 atom stereocenters. The van der Waals surface area contributed by atoms with E-state index in [9.17, 15) is 0 Å². The highest BCUT2D eigenvalue weighted by molar-refractivity contribution is 6.89. The van der Waals surface area contributed by atoms with Crippen LogP contribution in [0, 0.1) is 0 Å². The fourth-order valence-corrected chi connectivity index (χ4v) is 1.60. The average Bonchev–Trinajstić information content (AvgIpc) is 1.86. The summed E-state index contributed by atoms with van der Waals surface area (Å²) in [6, 6.07) is 0. The molecule has 0 aromatic rings. The van der Waals surface area contributed by atoms with Gasteiger partial charge in [0.05, 0.1) is 8.07 Å². The molecule has 0 unspecified atom stereocenters. The van der Waals surface area contributed by atoms with Crippen LogP contribution >= 0.6 is 11.6 Å². The SMILES string of the molecule is C=CC(=C)[Si](C)(C)CCl. The fraction of sp³-hybridized carbons (Fsp3) is 0.429. The van der Waals surface area contributed by atoms with Crippen LogP contribution in [0.2, 0.25) is 13.1 Å². The Morgan fingerprint density at radius 2 is 2.11 bits per heavy atom. The van der Waals surface area contributed by atoms with Crippen molar-refractivity contribution in [1.29, 1.82) is 0 Å². The van der Waals surface area contributed by atoms with Crippen molar-refractivity contribution in [1.82, 2.24) is 0 Å². The van der Waals surface area contributed by atoms with Crippen LogP contribution in [0.25, 0.3) is 0 Å². The topological polar surface area (TPSA) is 0 Å². The van der Waals surface area contributed by atoms with E-state index in [-0.39, 0.29) is 0 Å². The van der Waals surface area contributed by atoms with Crippen molar-refractivity contribution in [2.45, 2.75) is 13.1 Å². The molecule has 0 radical (unpaired) electrons. The minimum Gasteiger partial charge on any atom is -0.130 e. The molecule has 0 fully saturated rings. The van der Waals surface area contributed by atoms with E-state index in [4.69, 9.17) is 11.6 Å². The molecule has 0 aromatic carbocycles. The van der Waals surface area contributed by atoms with Crippen LogP contribution in [0.1, 0.15) is 0 Å². The predicted molar refractivity (Wildman–Crippen MR) is 47.5 cm³/mol. The number of rotatable bonds is 3. The number of hydrogen-bond acceptors (Lipinski definition) is 0. The smallest absolute Gasteiger partial charge is 0.0951 e. The maximum atomic E-state index is 5.72. The first-order chi connectivity index (χ1) is 4.04. The summed E-state index contributed by atoms with van der Waals surface area (Å²) >= 11 is 5.72. The van der Waals surface area contributed by atoms with Gasteiger partial charge in [-0.2, -0.15) is 0 Å². The van der Waals surface area contributed by atoms with Crippen LogP contribution in [-0.4, -0.2) is 13.6 Å². The average molecular weight is 161 g/mol. The van der Waals surface area contributed by atoms with E-state index in [1.165, 1.54) is 0 Å². The Hall–Kier alpha value is -0.0131. The molecular formula is C7H13ClSi. The highest BCUT2D eigenvalue weighted by Crippen LogP contribution is 2.14. The number of alkyl halides is 1. The van der Waals surface area contributed by atoms with Crippen LogP contribution in [0.4, 0.5) is 0 Å². The minimum absolute atomic E-state index is 0.734. The van der Waals surface area contributed by atoms with Gasteiger partial charge >= 0.3 is 0 Å². The first-order valence-corrected chi connectivity index (χ1v) is 6.66. The molecule has 0 rings (SSSR count). The zero-order chi connectivity index (χ0) is 7.49. The lowest BCUT2D eigenvalue weighted by molar-refractivity contribution is 1.65. The second-order valence-corrected chi connectivity index (χ2v) is 8.23. The Kier molecular flexibility index (Phi) is 3.23. The second-order valence-electron chi connectivity index (χ2n) is 2.75. The van der Waals surface area contributed by atoms with E-state index in [2.05, 4.69) is 26.3 Å². The van der Waals surface area contributed by atoms with Gasteiger partial charge < -0.3 is 0 Å². The third-order valence-corrected chi connectivity index (χ3v) is 6.07. The molecule has 9 heavy (non-hydrogen) atoms. The van der Waals surface area contributed by atoms with Crippen molar-refractivity contribution in [3.8, 4) is 0 Å². The highest BCUT2D eigenvalue weighted by Gasteiger charge is 2.20. The van der Waals surface area contributed by atoms with Crippen LogP contribution < -0.4 is 0 Å². The first-order valence-electron chi connectivity index (χ1n) is 2.92. The fourth-order valence-electron chi connectivity index (χ4n) is 0.362. The Morgan fingerprint density at radius 3 is 2.22 bits per heavy atom. The summed E-state index contributed by atoms with van der Waals surface area (Å²) in [6.07, 6.45) is 1.81. The number of halogens is 1. The lowest BCUT2D eigenvalue weighted by Crippen LogP contribution is -2.30. The van der Waals surface area contributed by atoms with Gasteiger partial charge in [0.15, 0.2) is 0 Å². The standard InChI is InChI=1S/C7H13ClSi/c1-5-7(2)9(3,4)6-8/h5H,1-2,6H2,3-4H3. The molecule has 0 N–H and O–H groups in total. The van der Waals surface area contributed by atoms with E-state index < -0.39 is 8.07 Å². The van der Waals surface area contributed by atoms with E-state index in [0.29, 0.717) is 0 Å². The highest BCUT2D eigenvalue weighted by atomic mass is 35.5. The summed E-state index contributed by atoms with van der Waals surface area (Å²) in [4.78, 5) is 0. The van der Waals surface area contributed by atoms with E-state index in [1.807, 2.05) is 6.08 Å². The minimum atomic E-state index is -1.33. The van der Waals surface area contributed by atoms with Crippen molar-refractivity contribution in [2.75, 3.05) is 5.50 Å². The van der Waals surface area contributed by atoms with Crippen LogP contribution in [0.5, 0.6) is 0 Å². The van der Waals surface area contributed by atoms with Gasteiger partial charge in [-0.25, -0.2) is 0 Å². The van der Waals surface area contributed by atoms with Crippen molar-refractivity contribution < 1.29 is 0 Å². The zero-order valence-electron chi connectivity index (χ0n) is 6.08. The molecule has 0 aliphatic carbocycles. The van der Waals surface area contributed by atoms with Crippen molar-refractivity contribution in [3.05, 3.63) is 24.4 Å². The van der Waals surface area contributed by atoms with E-state index in [1.54, 1.807) is 0 Å². The number of allylic oxidation sites excluding steroid dienone is 2. The molecule has 0 heterocycles. The number of hydrogen-bond donors (Lipinski definition) is 0. The third kappa shape index (κ3) is 2.37. The summed E-state index contributed by atoms with van der Waals surface area (Å²) in [5.74, 6) is 0. The Balaban J connectivity index is 4.13. The Labute approximate surface area is 63.2 Å². The quantitative estimate of drug-likeness (QED) is 0.339. The summed E-state index contributed by atoms with van der Waals surface area (Å²) in [6.45, 7) is 11.9. The maximum absolute atomic E-state index is 5.72. The van der Waals surface area contributed by atoms with E-state index >= 15 is 0 Å². The molecule has 0 spiro atoms. The maximum Gasteiger partial charge on any atom is 0.0951 e. The summed E-state index contributed by atoms with van der Waals surface area (Å²) in [5, 5.41) is 1.14. The van der Waals surface area contributed by atoms with E-state index in [0.717, 1.165) is 10.7 Å². The van der Waals surface area contributed by atoms with Gasteiger partial charge in [0, 0.05) is 5.50 Å². The molecule has 0 nitrogen and oxygen atoms in total. The van der Waals surface area contributed by atoms with Gasteiger partial charge in [-0.05, 0) is 0 Å². The monoisotopic (exact) mass is 160 g/mol.